The minimum Gasteiger partial charge on any atom is -0.307 e. The van der Waals surface area contributed by atoms with E-state index < -0.39 is 0 Å². The maximum atomic E-state index is 12.0. The van der Waals surface area contributed by atoms with E-state index in [-0.39, 0.29) is 10.5 Å². The number of hydrogen-bond donors (Lipinski definition) is 1. The molecule has 1 aromatic heterocycles. The summed E-state index contributed by atoms with van der Waals surface area (Å²) in [5, 5.41) is 11.3. The highest BCUT2D eigenvalue weighted by molar-refractivity contribution is 7.19. The lowest BCUT2D eigenvalue weighted by Crippen LogP contribution is -2.31. The van der Waals surface area contributed by atoms with Crippen LogP contribution in [0.25, 0.3) is 0 Å². The van der Waals surface area contributed by atoms with Crippen LogP contribution in [0.2, 0.25) is 9.49 Å². The molecule has 0 spiro atoms. The van der Waals surface area contributed by atoms with Gasteiger partial charge in [0.1, 0.15) is 0 Å². The van der Waals surface area contributed by atoms with Crippen LogP contribution in [0.1, 0.15) is 5.56 Å². The Labute approximate surface area is 124 Å². The van der Waals surface area contributed by atoms with Crippen molar-refractivity contribution in [2.24, 2.45) is 0 Å². The summed E-state index contributed by atoms with van der Waals surface area (Å²) < 4.78 is 0.289. The highest BCUT2D eigenvalue weighted by Gasteiger charge is 2.15. The van der Waals surface area contributed by atoms with Gasteiger partial charge in [0.05, 0.1) is 0 Å². The number of halogens is 2. The van der Waals surface area contributed by atoms with Crippen molar-refractivity contribution < 1.29 is 4.79 Å². The number of carbonyl (C=O) groups excluding carboxylic acids is 1. The van der Waals surface area contributed by atoms with Gasteiger partial charge < -0.3 is 5.32 Å². The summed E-state index contributed by atoms with van der Waals surface area (Å²) in [5.41, 5.74) is 1.55. The SMILES string of the molecule is Cc1cc(NC(=O)N(C)c2nnc(Cl)s2)ccc1Cl. The Kier molecular flexibility index (Phi) is 4.24. The Morgan fingerprint density at radius 1 is 1.37 bits per heavy atom. The van der Waals surface area contributed by atoms with Gasteiger partial charge in [0.25, 0.3) is 0 Å². The van der Waals surface area contributed by atoms with Crippen LogP contribution in [0.4, 0.5) is 15.6 Å². The summed E-state index contributed by atoms with van der Waals surface area (Å²) in [5.74, 6) is 0. The minimum absolute atomic E-state index is 0.289. The molecule has 100 valence electrons. The number of aryl methyl sites for hydroxylation is 1. The van der Waals surface area contributed by atoms with Gasteiger partial charge in [0, 0.05) is 17.8 Å². The van der Waals surface area contributed by atoms with E-state index in [2.05, 4.69) is 15.5 Å². The van der Waals surface area contributed by atoms with Crippen LogP contribution in [-0.2, 0) is 0 Å². The van der Waals surface area contributed by atoms with Crippen molar-refractivity contribution in [1.82, 2.24) is 10.2 Å². The molecular formula is C11H10Cl2N4OS. The number of carbonyl (C=O) groups is 1. The van der Waals surface area contributed by atoms with Crippen LogP contribution in [0.15, 0.2) is 18.2 Å². The Bertz CT molecular complexity index is 616. The first-order valence-electron chi connectivity index (χ1n) is 5.27. The van der Waals surface area contributed by atoms with Gasteiger partial charge in [-0.2, -0.15) is 0 Å². The number of urea groups is 1. The number of nitrogens with zero attached hydrogens (tertiary/aromatic N) is 3. The molecule has 2 rings (SSSR count). The van der Waals surface area contributed by atoms with Gasteiger partial charge in [-0.3, -0.25) is 4.90 Å². The van der Waals surface area contributed by atoms with E-state index in [4.69, 9.17) is 23.2 Å². The number of nitrogens with one attached hydrogen (secondary N) is 1. The molecular weight excluding hydrogens is 307 g/mol. The van der Waals surface area contributed by atoms with Crippen molar-refractivity contribution >= 4 is 51.4 Å². The summed E-state index contributed by atoms with van der Waals surface area (Å²) in [6.07, 6.45) is 0. The summed E-state index contributed by atoms with van der Waals surface area (Å²) >= 11 is 12.7. The Balaban J connectivity index is 2.10. The minimum atomic E-state index is -0.325. The highest BCUT2D eigenvalue weighted by atomic mass is 35.5. The van der Waals surface area contributed by atoms with Crippen LogP contribution < -0.4 is 10.2 Å². The molecule has 2 aromatic rings. The highest BCUT2D eigenvalue weighted by Crippen LogP contribution is 2.24. The van der Waals surface area contributed by atoms with Gasteiger partial charge >= 0.3 is 6.03 Å². The largest absolute Gasteiger partial charge is 0.327 e. The van der Waals surface area contributed by atoms with E-state index in [0.717, 1.165) is 16.9 Å². The zero-order chi connectivity index (χ0) is 14.0. The van der Waals surface area contributed by atoms with Crippen LogP contribution in [-0.4, -0.2) is 23.3 Å². The molecule has 0 bridgehead atoms. The van der Waals surface area contributed by atoms with Crippen molar-refractivity contribution in [3.05, 3.63) is 33.3 Å². The monoisotopic (exact) mass is 316 g/mol. The Morgan fingerprint density at radius 3 is 2.68 bits per heavy atom. The number of aromatic nitrogens is 2. The molecule has 5 nitrogen and oxygen atoms in total. The normalized spacial score (nSPS) is 10.3. The van der Waals surface area contributed by atoms with E-state index in [1.807, 2.05) is 6.92 Å². The van der Waals surface area contributed by atoms with Crippen molar-refractivity contribution in [1.29, 1.82) is 0 Å². The fraction of sp³-hybridized carbons (Fsp3) is 0.182. The predicted octanol–water partition coefficient (Wildman–Crippen LogP) is 3.82. The Hall–Kier alpha value is -1.37. The maximum absolute atomic E-state index is 12.0. The van der Waals surface area contributed by atoms with E-state index in [1.54, 1.807) is 25.2 Å². The first-order chi connectivity index (χ1) is 8.97. The second kappa shape index (κ2) is 5.73. The fourth-order valence-electron chi connectivity index (χ4n) is 1.35. The molecule has 1 heterocycles. The zero-order valence-electron chi connectivity index (χ0n) is 10.1. The third-order valence-corrected chi connectivity index (χ3v) is 3.91. The van der Waals surface area contributed by atoms with Crippen LogP contribution in [0, 0.1) is 6.92 Å². The van der Waals surface area contributed by atoms with Crippen LogP contribution in [0.5, 0.6) is 0 Å². The van der Waals surface area contributed by atoms with Gasteiger partial charge in [-0.15, -0.1) is 10.2 Å². The lowest BCUT2D eigenvalue weighted by Gasteiger charge is -2.14. The number of benzene rings is 1. The van der Waals surface area contributed by atoms with Crippen LogP contribution >= 0.6 is 34.5 Å². The standard InChI is InChI=1S/C11H10Cl2N4OS/c1-6-5-7(3-4-8(6)12)14-10(18)17(2)11-16-15-9(13)19-11/h3-5H,1-2H3,(H,14,18). The lowest BCUT2D eigenvalue weighted by atomic mass is 10.2. The summed E-state index contributed by atoms with van der Waals surface area (Å²) in [6, 6.07) is 4.93. The predicted molar refractivity (Wildman–Crippen MR) is 78.5 cm³/mol. The first kappa shape index (κ1) is 14.0. The molecule has 0 atom stereocenters. The van der Waals surface area contributed by atoms with Crippen molar-refractivity contribution in [3.8, 4) is 0 Å². The molecule has 0 unspecified atom stereocenters. The van der Waals surface area contributed by atoms with Crippen molar-refractivity contribution in [2.45, 2.75) is 6.92 Å². The summed E-state index contributed by atoms with van der Waals surface area (Å²) in [7, 11) is 1.59. The second-order valence-corrected chi connectivity index (χ2v) is 5.74. The van der Waals surface area contributed by atoms with E-state index >= 15 is 0 Å². The quantitative estimate of drug-likeness (QED) is 0.916. The molecule has 0 aliphatic rings. The number of amides is 2. The van der Waals surface area contributed by atoms with E-state index in [1.165, 1.54) is 4.90 Å². The number of rotatable bonds is 2. The molecule has 0 saturated carbocycles. The summed E-state index contributed by atoms with van der Waals surface area (Å²) in [6.45, 7) is 1.87. The lowest BCUT2D eigenvalue weighted by molar-refractivity contribution is 0.258. The maximum Gasteiger partial charge on any atom is 0.327 e. The van der Waals surface area contributed by atoms with Gasteiger partial charge in [-0.05, 0) is 42.3 Å². The molecule has 1 N–H and O–H groups in total. The van der Waals surface area contributed by atoms with Crippen molar-refractivity contribution in [3.63, 3.8) is 0 Å². The third kappa shape index (κ3) is 3.34. The zero-order valence-corrected chi connectivity index (χ0v) is 12.5. The molecule has 1 aromatic carbocycles. The molecule has 2 amide bonds. The molecule has 0 aliphatic carbocycles. The second-order valence-electron chi connectivity index (χ2n) is 3.79. The molecule has 0 saturated heterocycles. The van der Waals surface area contributed by atoms with E-state index in [0.29, 0.717) is 15.8 Å². The third-order valence-electron chi connectivity index (χ3n) is 2.39. The van der Waals surface area contributed by atoms with E-state index in [9.17, 15) is 4.79 Å². The molecule has 0 radical (unpaired) electrons. The summed E-state index contributed by atoms with van der Waals surface area (Å²) in [4.78, 5) is 13.3. The van der Waals surface area contributed by atoms with Gasteiger partial charge in [0.15, 0.2) is 0 Å². The Morgan fingerprint density at radius 2 is 2.11 bits per heavy atom. The molecule has 19 heavy (non-hydrogen) atoms. The average molecular weight is 317 g/mol. The topological polar surface area (TPSA) is 58.1 Å². The van der Waals surface area contributed by atoms with Crippen molar-refractivity contribution in [2.75, 3.05) is 17.3 Å². The van der Waals surface area contributed by atoms with Gasteiger partial charge in [0.2, 0.25) is 9.60 Å². The molecule has 0 aliphatic heterocycles. The van der Waals surface area contributed by atoms with Gasteiger partial charge in [-0.25, -0.2) is 4.79 Å². The first-order valence-corrected chi connectivity index (χ1v) is 6.84. The van der Waals surface area contributed by atoms with Crippen LogP contribution in [0.3, 0.4) is 0 Å². The number of anilines is 2. The van der Waals surface area contributed by atoms with Gasteiger partial charge in [-0.1, -0.05) is 22.9 Å². The smallest absolute Gasteiger partial charge is 0.307 e. The number of hydrogen-bond acceptors (Lipinski definition) is 4. The average Bonchev–Trinajstić information content (AvgIpc) is 2.79. The molecule has 8 heteroatoms. The fourth-order valence-corrected chi connectivity index (χ4v) is 2.25. The molecule has 0 fully saturated rings.